The number of amides is 2. The van der Waals surface area contributed by atoms with E-state index in [4.69, 9.17) is 16.3 Å². The highest BCUT2D eigenvalue weighted by Gasteiger charge is 2.31. The van der Waals surface area contributed by atoms with Crippen LogP contribution in [0.4, 0.5) is 23.7 Å². The molecule has 2 aliphatic heterocycles. The van der Waals surface area contributed by atoms with Crippen molar-refractivity contribution >= 4 is 23.3 Å². The standard InChI is InChI=1S/C17H21ClF3N3O2/c18-14-4-3-12(17(19,20)21)10-15(14)22-16(25)24-7-5-23(6-8-24)11-13-2-1-9-26-13/h3-4,10,13H,1-2,5-9,11H2,(H,22,25). The first-order valence-electron chi connectivity index (χ1n) is 8.59. The fourth-order valence-electron chi connectivity index (χ4n) is 3.20. The molecule has 0 spiro atoms. The van der Waals surface area contributed by atoms with Gasteiger partial charge in [-0.05, 0) is 31.0 Å². The average molecular weight is 392 g/mol. The Morgan fingerprint density at radius 3 is 2.62 bits per heavy atom. The Hall–Kier alpha value is -1.51. The van der Waals surface area contributed by atoms with Crippen LogP contribution in [0.15, 0.2) is 18.2 Å². The SMILES string of the molecule is O=C(Nc1cc(C(F)(F)F)ccc1Cl)N1CCN(CC2CCCO2)CC1. The molecule has 0 bridgehead atoms. The lowest BCUT2D eigenvalue weighted by atomic mass is 10.2. The second-order valence-corrected chi connectivity index (χ2v) is 6.95. The molecule has 0 aliphatic carbocycles. The van der Waals surface area contributed by atoms with E-state index in [1.807, 2.05) is 0 Å². The van der Waals surface area contributed by atoms with Gasteiger partial charge in [0.05, 0.1) is 22.4 Å². The second kappa shape index (κ2) is 8.02. The van der Waals surface area contributed by atoms with Gasteiger partial charge in [0.2, 0.25) is 0 Å². The fourth-order valence-corrected chi connectivity index (χ4v) is 3.37. The number of benzene rings is 1. The third-order valence-electron chi connectivity index (χ3n) is 4.68. The number of urea groups is 1. The molecule has 2 heterocycles. The maximum atomic E-state index is 12.8. The Bertz CT molecular complexity index is 643. The highest BCUT2D eigenvalue weighted by molar-refractivity contribution is 6.33. The number of halogens is 4. The third-order valence-corrected chi connectivity index (χ3v) is 5.01. The lowest BCUT2D eigenvalue weighted by Crippen LogP contribution is -2.51. The number of nitrogens with one attached hydrogen (secondary N) is 1. The van der Waals surface area contributed by atoms with Crippen molar-refractivity contribution in [2.45, 2.75) is 25.1 Å². The Morgan fingerprint density at radius 2 is 2.00 bits per heavy atom. The number of carbonyl (C=O) groups excluding carboxylic acids is 1. The van der Waals surface area contributed by atoms with Crippen LogP contribution in [0.3, 0.4) is 0 Å². The fraction of sp³-hybridized carbons (Fsp3) is 0.588. The normalized spacial score (nSPS) is 21.8. The summed E-state index contributed by atoms with van der Waals surface area (Å²) in [7, 11) is 0. The zero-order valence-electron chi connectivity index (χ0n) is 14.2. The Balaban J connectivity index is 1.54. The molecule has 2 amide bonds. The Kier molecular flexibility index (Phi) is 5.94. The van der Waals surface area contributed by atoms with Crippen molar-refractivity contribution in [1.29, 1.82) is 0 Å². The van der Waals surface area contributed by atoms with Crippen LogP contribution < -0.4 is 5.32 Å². The molecule has 0 aromatic heterocycles. The van der Waals surface area contributed by atoms with Crippen LogP contribution >= 0.6 is 11.6 Å². The first-order chi connectivity index (χ1) is 12.3. The van der Waals surface area contributed by atoms with Gasteiger partial charge in [0.15, 0.2) is 0 Å². The van der Waals surface area contributed by atoms with Crippen LogP contribution in [0.5, 0.6) is 0 Å². The summed E-state index contributed by atoms with van der Waals surface area (Å²) in [5, 5.41) is 2.56. The summed E-state index contributed by atoms with van der Waals surface area (Å²) in [4.78, 5) is 16.2. The van der Waals surface area contributed by atoms with E-state index in [2.05, 4.69) is 10.2 Å². The van der Waals surface area contributed by atoms with E-state index in [0.29, 0.717) is 26.2 Å². The van der Waals surface area contributed by atoms with Crippen molar-refractivity contribution in [3.63, 3.8) is 0 Å². The van der Waals surface area contributed by atoms with E-state index in [0.717, 1.165) is 44.2 Å². The number of rotatable bonds is 3. The highest BCUT2D eigenvalue weighted by atomic mass is 35.5. The molecule has 1 N–H and O–H groups in total. The van der Waals surface area contributed by atoms with Gasteiger partial charge in [-0.2, -0.15) is 13.2 Å². The minimum Gasteiger partial charge on any atom is -0.377 e. The smallest absolute Gasteiger partial charge is 0.377 e. The molecule has 1 aromatic carbocycles. The summed E-state index contributed by atoms with van der Waals surface area (Å²) in [5.74, 6) is 0. The van der Waals surface area contributed by atoms with Gasteiger partial charge in [0.25, 0.3) is 0 Å². The summed E-state index contributed by atoms with van der Waals surface area (Å²) >= 11 is 5.92. The minimum atomic E-state index is -4.49. The monoisotopic (exact) mass is 391 g/mol. The van der Waals surface area contributed by atoms with Gasteiger partial charge in [0.1, 0.15) is 0 Å². The van der Waals surface area contributed by atoms with Crippen LogP contribution in [0.2, 0.25) is 5.02 Å². The molecular formula is C17H21ClF3N3O2. The summed E-state index contributed by atoms with van der Waals surface area (Å²) < 4.78 is 44.1. The van der Waals surface area contributed by atoms with Crippen molar-refractivity contribution < 1.29 is 22.7 Å². The lowest BCUT2D eigenvalue weighted by Gasteiger charge is -2.35. The molecule has 3 rings (SSSR count). The van der Waals surface area contributed by atoms with Crippen molar-refractivity contribution in [2.75, 3.05) is 44.6 Å². The summed E-state index contributed by atoms with van der Waals surface area (Å²) in [6, 6.07) is 2.44. The van der Waals surface area contributed by atoms with E-state index in [-0.39, 0.29) is 16.8 Å². The molecule has 5 nitrogen and oxygen atoms in total. The predicted octanol–water partition coefficient (Wildman–Crippen LogP) is 3.69. The zero-order valence-corrected chi connectivity index (χ0v) is 14.9. The van der Waals surface area contributed by atoms with Crippen LogP contribution in [0.1, 0.15) is 18.4 Å². The summed E-state index contributed by atoms with van der Waals surface area (Å²) in [6.45, 7) is 4.11. The number of hydrogen-bond donors (Lipinski definition) is 1. The quantitative estimate of drug-likeness (QED) is 0.854. The number of carbonyl (C=O) groups is 1. The molecule has 26 heavy (non-hydrogen) atoms. The number of nitrogens with zero attached hydrogens (tertiary/aromatic N) is 2. The van der Waals surface area contributed by atoms with Gasteiger partial charge in [-0.15, -0.1) is 0 Å². The number of hydrogen-bond acceptors (Lipinski definition) is 3. The van der Waals surface area contributed by atoms with E-state index >= 15 is 0 Å². The Morgan fingerprint density at radius 1 is 1.27 bits per heavy atom. The molecule has 2 saturated heterocycles. The maximum absolute atomic E-state index is 12.8. The van der Waals surface area contributed by atoms with Crippen molar-refractivity contribution in [3.05, 3.63) is 28.8 Å². The second-order valence-electron chi connectivity index (χ2n) is 6.55. The molecule has 144 valence electrons. The predicted molar refractivity (Wildman–Crippen MR) is 92.5 cm³/mol. The van der Waals surface area contributed by atoms with E-state index in [1.165, 1.54) is 0 Å². The van der Waals surface area contributed by atoms with Crippen molar-refractivity contribution in [3.8, 4) is 0 Å². The van der Waals surface area contributed by atoms with Gasteiger partial charge in [-0.3, -0.25) is 4.90 Å². The van der Waals surface area contributed by atoms with Crippen LogP contribution in [0, 0.1) is 0 Å². The molecule has 0 saturated carbocycles. The Labute approximate surface area is 155 Å². The molecule has 1 atom stereocenters. The molecule has 9 heteroatoms. The third kappa shape index (κ3) is 4.81. The number of ether oxygens (including phenoxy) is 1. The largest absolute Gasteiger partial charge is 0.416 e. The number of piperazine rings is 1. The molecule has 2 aliphatic rings. The molecule has 1 aromatic rings. The molecule has 1 unspecified atom stereocenters. The van der Waals surface area contributed by atoms with Crippen molar-refractivity contribution in [1.82, 2.24) is 9.80 Å². The highest BCUT2D eigenvalue weighted by Crippen LogP contribution is 2.34. The van der Waals surface area contributed by atoms with Crippen LogP contribution in [-0.2, 0) is 10.9 Å². The average Bonchev–Trinajstić information content (AvgIpc) is 3.09. The van der Waals surface area contributed by atoms with Gasteiger partial charge >= 0.3 is 12.2 Å². The molecule has 0 radical (unpaired) electrons. The number of alkyl halides is 3. The minimum absolute atomic E-state index is 0.0340. The van der Waals surface area contributed by atoms with E-state index in [9.17, 15) is 18.0 Å². The van der Waals surface area contributed by atoms with Gasteiger partial charge in [-0.1, -0.05) is 11.6 Å². The zero-order chi connectivity index (χ0) is 18.7. The van der Waals surface area contributed by atoms with Gasteiger partial charge in [-0.25, -0.2) is 4.79 Å². The lowest BCUT2D eigenvalue weighted by molar-refractivity contribution is -0.137. The first-order valence-corrected chi connectivity index (χ1v) is 8.97. The molecule has 2 fully saturated rings. The van der Waals surface area contributed by atoms with E-state index in [1.54, 1.807) is 4.90 Å². The summed E-state index contributed by atoms with van der Waals surface area (Å²) in [5.41, 5.74) is -0.883. The summed E-state index contributed by atoms with van der Waals surface area (Å²) in [6.07, 6.45) is -2.07. The first kappa shape index (κ1) is 19.3. The topological polar surface area (TPSA) is 44.8 Å². The van der Waals surface area contributed by atoms with Crippen LogP contribution in [0.25, 0.3) is 0 Å². The van der Waals surface area contributed by atoms with Gasteiger partial charge < -0.3 is 15.0 Å². The molecular weight excluding hydrogens is 371 g/mol. The van der Waals surface area contributed by atoms with E-state index < -0.39 is 17.8 Å². The van der Waals surface area contributed by atoms with Gasteiger partial charge in [0, 0.05) is 39.3 Å². The number of anilines is 1. The van der Waals surface area contributed by atoms with Crippen LogP contribution in [-0.4, -0.2) is 61.3 Å². The maximum Gasteiger partial charge on any atom is 0.416 e. The van der Waals surface area contributed by atoms with Crippen molar-refractivity contribution in [2.24, 2.45) is 0 Å².